The van der Waals surface area contributed by atoms with Crippen molar-refractivity contribution in [2.24, 2.45) is 0 Å². The second-order valence-corrected chi connectivity index (χ2v) is 8.84. The number of unbranched alkanes of at least 4 members (excludes halogenated alkanes) is 2. The number of carbonyl (C=O) groups is 1. The molecule has 0 saturated carbocycles. The molecule has 2 aromatic rings. The summed E-state index contributed by atoms with van der Waals surface area (Å²) >= 11 is 0. The van der Waals surface area contributed by atoms with Crippen molar-refractivity contribution < 1.29 is 9.63 Å². The van der Waals surface area contributed by atoms with Crippen LogP contribution in [0.1, 0.15) is 61.9 Å². The molecule has 32 heavy (non-hydrogen) atoms. The molecule has 2 aliphatic rings. The monoisotopic (exact) mass is 436 g/mol. The lowest BCUT2D eigenvalue weighted by atomic mass is 10.0. The molecule has 1 saturated heterocycles. The topological polar surface area (TPSA) is 57.7 Å². The second-order valence-electron chi connectivity index (χ2n) is 8.84. The Morgan fingerprint density at radius 1 is 1.12 bits per heavy atom. The van der Waals surface area contributed by atoms with Crippen LogP contribution in [-0.2, 0) is 22.5 Å². The first-order chi connectivity index (χ1) is 15.7. The summed E-state index contributed by atoms with van der Waals surface area (Å²) < 4.78 is 0. The number of carbonyl (C=O) groups excluding carboxylic acids is 1. The number of hydrogen-bond acceptors (Lipinski definition) is 6. The van der Waals surface area contributed by atoms with Crippen LogP contribution in [0.25, 0.3) is 0 Å². The maximum absolute atomic E-state index is 11.9. The molecule has 0 spiro atoms. The highest BCUT2D eigenvalue weighted by atomic mass is 16.7. The molecule has 1 unspecified atom stereocenters. The van der Waals surface area contributed by atoms with E-state index in [1.165, 1.54) is 42.5 Å². The lowest BCUT2D eigenvalue weighted by Gasteiger charge is -2.40. The van der Waals surface area contributed by atoms with Crippen LogP contribution in [0, 0.1) is 0 Å². The number of pyridine rings is 1. The maximum Gasteiger partial charge on any atom is 0.324 e. The van der Waals surface area contributed by atoms with Crippen LogP contribution in [0.5, 0.6) is 0 Å². The zero-order valence-electron chi connectivity index (χ0n) is 19.3. The minimum Gasteiger partial charge on any atom is -0.370 e. The quantitative estimate of drug-likeness (QED) is 0.589. The summed E-state index contributed by atoms with van der Waals surface area (Å²) in [4.78, 5) is 24.9. The lowest BCUT2D eigenvalue weighted by Crippen LogP contribution is -2.49. The molecule has 0 aliphatic carbocycles. The Kier molecular flexibility index (Phi) is 8.13. The Balaban J connectivity index is 1.23. The van der Waals surface area contributed by atoms with Gasteiger partial charge in [-0.05, 0) is 55.8 Å². The van der Waals surface area contributed by atoms with Gasteiger partial charge in [0, 0.05) is 38.3 Å². The Hall–Kier alpha value is -2.44. The summed E-state index contributed by atoms with van der Waals surface area (Å²) in [6, 6.07) is 14.9. The van der Waals surface area contributed by atoms with Crippen molar-refractivity contribution in [2.75, 3.05) is 38.0 Å². The van der Waals surface area contributed by atoms with Gasteiger partial charge in [0.15, 0.2) is 0 Å². The van der Waals surface area contributed by atoms with E-state index in [0.717, 1.165) is 51.4 Å². The van der Waals surface area contributed by atoms with E-state index in [1.807, 2.05) is 18.1 Å². The normalized spacial score (nSPS) is 19.2. The van der Waals surface area contributed by atoms with Gasteiger partial charge in [-0.1, -0.05) is 49.7 Å². The molecule has 2 aliphatic heterocycles. The number of nitrogens with zero attached hydrogens (tertiary/aromatic N) is 3. The van der Waals surface area contributed by atoms with Gasteiger partial charge < -0.3 is 10.2 Å². The number of aromatic nitrogens is 1. The molecule has 0 amide bonds. The first kappa shape index (κ1) is 22.7. The maximum atomic E-state index is 11.9. The molecule has 1 aromatic carbocycles. The number of aryl methyl sites for hydroxylation is 2. The number of hydroxylamine groups is 2. The summed E-state index contributed by atoms with van der Waals surface area (Å²) in [7, 11) is 0. The van der Waals surface area contributed by atoms with Gasteiger partial charge in [-0.25, -0.2) is 4.98 Å². The molecule has 4 rings (SSSR count). The van der Waals surface area contributed by atoms with Crippen molar-refractivity contribution >= 4 is 11.8 Å². The van der Waals surface area contributed by atoms with Gasteiger partial charge in [0.25, 0.3) is 0 Å². The van der Waals surface area contributed by atoms with Gasteiger partial charge in [0.1, 0.15) is 5.82 Å². The molecule has 1 fully saturated rings. The van der Waals surface area contributed by atoms with E-state index < -0.39 is 0 Å². The Labute approximate surface area is 191 Å². The summed E-state index contributed by atoms with van der Waals surface area (Å²) in [6.07, 6.45) is 7.34. The highest BCUT2D eigenvalue weighted by molar-refractivity contribution is 5.68. The Morgan fingerprint density at radius 2 is 2.00 bits per heavy atom. The predicted molar refractivity (Wildman–Crippen MR) is 127 cm³/mol. The first-order valence-corrected chi connectivity index (χ1v) is 12.2. The van der Waals surface area contributed by atoms with E-state index in [1.54, 1.807) is 0 Å². The second kappa shape index (κ2) is 11.4. The summed E-state index contributed by atoms with van der Waals surface area (Å²) in [5, 5.41) is 5.31. The van der Waals surface area contributed by atoms with Crippen molar-refractivity contribution in [3.63, 3.8) is 0 Å². The molecule has 1 N–H and O–H groups in total. The van der Waals surface area contributed by atoms with E-state index in [2.05, 4.69) is 46.6 Å². The van der Waals surface area contributed by atoms with Crippen molar-refractivity contribution in [3.8, 4) is 0 Å². The van der Waals surface area contributed by atoms with E-state index in [9.17, 15) is 4.79 Å². The molecule has 0 bridgehead atoms. The zero-order valence-corrected chi connectivity index (χ0v) is 19.3. The molecular formula is C26H36N4O2. The van der Waals surface area contributed by atoms with Crippen LogP contribution in [0.3, 0.4) is 0 Å². The fourth-order valence-corrected chi connectivity index (χ4v) is 4.60. The van der Waals surface area contributed by atoms with Crippen molar-refractivity contribution in [3.05, 3.63) is 59.3 Å². The molecule has 3 heterocycles. The highest BCUT2D eigenvalue weighted by Crippen LogP contribution is 2.26. The molecule has 1 aromatic heterocycles. The van der Waals surface area contributed by atoms with Crippen LogP contribution in [0.2, 0.25) is 0 Å². The smallest absolute Gasteiger partial charge is 0.324 e. The van der Waals surface area contributed by atoms with E-state index >= 15 is 0 Å². The van der Waals surface area contributed by atoms with Gasteiger partial charge >= 0.3 is 5.97 Å². The number of fused-ring (bicyclic) bond motifs is 1. The van der Waals surface area contributed by atoms with Gasteiger partial charge in [-0.15, -0.1) is 5.06 Å². The number of hydrogen-bond donors (Lipinski definition) is 1. The van der Waals surface area contributed by atoms with Crippen LogP contribution in [0.15, 0.2) is 42.5 Å². The molecular weight excluding hydrogens is 400 g/mol. The highest BCUT2D eigenvalue weighted by Gasteiger charge is 2.30. The average Bonchev–Trinajstić information content (AvgIpc) is 2.85. The first-order valence-electron chi connectivity index (χ1n) is 12.2. The van der Waals surface area contributed by atoms with E-state index in [0.29, 0.717) is 6.42 Å². The SMILES string of the molecule is CCC(=O)ON1CCN(CCCCCc2ccc3c(n2)NCCC3)CC1c1ccccc1. The summed E-state index contributed by atoms with van der Waals surface area (Å²) in [5.74, 6) is 0.938. The molecule has 0 radical (unpaired) electrons. The standard InChI is InChI=1S/C26H36N4O2/c1-2-25(31)32-30-19-18-29(20-24(30)21-10-5-3-6-11-21)17-8-4-7-13-23-15-14-22-12-9-16-27-26(22)28-23/h3,5-6,10-11,14-15,24H,2,4,7-9,12-13,16-20H2,1H3,(H,27,28). The fourth-order valence-electron chi connectivity index (χ4n) is 4.60. The lowest BCUT2D eigenvalue weighted by molar-refractivity contribution is -0.213. The van der Waals surface area contributed by atoms with Crippen molar-refractivity contribution in [1.82, 2.24) is 14.9 Å². The number of rotatable bonds is 9. The summed E-state index contributed by atoms with van der Waals surface area (Å²) in [6.45, 7) is 6.53. The Morgan fingerprint density at radius 3 is 2.84 bits per heavy atom. The number of nitrogens with one attached hydrogen (secondary N) is 1. The van der Waals surface area contributed by atoms with E-state index in [-0.39, 0.29) is 12.0 Å². The van der Waals surface area contributed by atoms with Crippen LogP contribution in [0.4, 0.5) is 5.82 Å². The molecule has 1 atom stereocenters. The largest absolute Gasteiger partial charge is 0.370 e. The third kappa shape index (κ3) is 6.08. The third-order valence-corrected chi connectivity index (χ3v) is 6.47. The van der Waals surface area contributed by atoms with Crippen LogP contribution >= 0.6 is 0 Å². The van der Waals surface area contributed by atoms with Gasteiger partial charge in [0.05, 0.1) is 6.04 Å². The van der Waals surface area contributed by atoms with Gasteiger partial charge in [-0.2, -0.15) is 0 Å². The van der Waals surface area contributed by atoms with Gasteiger partial charge in [0.2, 0.25) is 0 Å². The minimum absolute atomic E-state index is 0.0904. The zero-order chi connectivity index (χ0) is 22.2. The molecule has 172 valence electrons. The number of piperazine rings is 1. The molecule has 6 heteroatoms. The van der Waals surface area contributed by atoms with Crippen molar-refractivity contribution in [2.45, 2.75) is 57.9 Å². The summed E-state index contributed by atoms with van der Waals surface area (Å²) in [5.41, 5.74) is 3.76. The van der Waals surface area contributed by atoms with Crippen LogP contribution < -0.4 is 5.32 Å². The van der Waals surface area contributed by atoms with Gasteiger partial charge in [-0.3, -0.25) is 9.69 Å². The van der Waals surface area contributed by atoms with Crippen LogP contribution in [-0.4, -0.2) is 53.6 Å². The number of anilines is 1. The average molecular weight is 437 g/mol. The molecule has 6 nitrogen and oxygen atoms in total. The predicted octanol–water partition coefficient (Wildman–Crippen LogP) is 4.38. The third-order valence-electron chi connectivity index (χ3n) is 6.47. The van der Waals surface area contributed by atoms with E-state index in [4.69, 9.17) is 9.82 Å². The Bertz CT molecular complexity index is 873. The van der Waals surface area contributed by atoms with Crippen molar-refractivity contribution in [1.29, 1.82) is 0 Å². The minimum atomic E-state index is -0.162. The number of benzene rings is 1. The fraction of sp³-hybridized carbons (Fsp3) is 0.538.